The van der Waals surface area contributed by atoms with Crippen LogP contribution < -0.4 is 5.32 Å². The second-order valence-corrected chi connectivity index (χ2v) is 4.06. The summed E-state index contributed by atoms with van der Waals surface area (Å²) in [6, 6.07) is 3.60. The zero-order chi connectivity index (χ0) is 11.8. The third-order valence-electron chi connectivity index (χ3n) is 3.03. The number of aromatic nitrogens is 2. The summed E-state index contributed by atoms with van der Waals surface area (Å²) >= 11 is 0. The quantitative estimate of drug-likeness (QED) is 0.823. The molecule has 0 bridgehead atoms. The lowest BCUT2D eigenvalue weighted by molar-refractivity contribution is 0.490. The Morgan fingerprint density at radius 2 is 2.24 bits per heavy atom. The molecule has 3 rings (SSSR count). The first-order valence-corrected chi connectivity index (χ1v) is 5.47. The molecule has 0 fully saturated rings. The summed E-state index contributed by atoms with van der Waals surface area (Å²) in [5, 5.41) is 3.13. The van der Waals surface area contributed by atoms with E-state index in [-0.39, 0.29) is 6.04 Å². The monoisotopic (exact) mass is 235 g/mol. The lowest BCUT2D eigenvalue weighted by atomic mass is 10.0. The van der Waals surface area contributed by atoms with Crippen LogP contribution in [-0.2, 0) is 0 Å². The summed E-state index contributed by atoms with van der Waals surface area (Å²) in [5.41, 5.74) is 0.507. The largest absolute Gasteiger partial charge is 0.356 e. The third-order valence-corrected chi connectivity index (χ3v) is 3.03. The fraction of sp³-hybridized carbons (Fsp3) is 0.250. The minimum Gasteiger partial charge on any atom is -0.356 e. The van der Waals surface area contributed by atoms with Gasteiger partial charge in [-0.3, -0.25) is 0 Å². The van der Waals surface area contributed by atoms with Crippen molar-refractivity contribution < 1.29 is 8.78 Å². The van der Waals surface area contributed by atoms with E-state index in [1.807, 2.05) is 4.57 Å². The predicted molar refractivity (Wildman–Crippen MR) is 59.8 cm³/mol. The summed E-state index contributed by atoms with van der Waals surface area (Å²) < 4.78 is 28.5. The first kappa shape index (κ1) is 10.3. The molecule has 0 radical (unpaired) electrons. The Balaban J connectivity index is 2.06. The van der Waals surface area contributed by atoms with E-state index in [1.54, 1.807) is 12.4 Å². The van der Waals surface area contributed by atoms with Crippen LogP contribution in [0.15, 0.2) is 30.6 Å². The molecule has 17 heavy (non-hydrogen) atoms. The molecule has 0 saturated carbocycles. The maximum Gasteiger partial charge on any atom is 0.203 e. The van der Waals surface area contributed by atoms with Crippen LogP contribution in [0.5, 0.6) is 0 Å². The average Bonchev–Trinajstić information content (AvgIpc) is 2.77. The van der Waals surface area contributed by atoms with Crippen LogP contribution in [0.25, 0.3) is 0 Å². The summed E-state index contributed by atoms with van der Waals surface area (Å²) in [7, 11) is 0. The molecule has 1 aromatic heterocycles. The van der Waals surface area contributed by atoms with E-state index in [2.05, 4.69) is 10.3 Å². The number of nitrogens with one attached hydrogen (secondary N) is 1. The van der Waals surface area contributed by atoms with Crippen molar-refractivity contribution in [3.05, 3.63) is 47.8 Å². The van der Waals surface area contributed by atoms with Crippen LogP contribution >= 0.6 is 0 Å². The van der Waals surface area contributed by atoms with Gasteiger partial charge in [0.25, 0.3) is 0 Å². The molecule has 1 atom stereocenters. The van der Waals surface area contributed by atoms with Gasteiger partial charge in [-0.25, -0.2) is 13.8 Å². The Hall–Kier alpha value is -1.91. The molecule has 88 valence electrons. The number of fused-ring (bicyclic) bond motifs is 1. The maximum atomic E-state index is 13.7. The molecule has 0 amide bonds. The second-order valence-electron chi connectivity index (χ2n) is 4.06. The standard InChI is InChI=1S/C12H11F2N3/c13-8-1-2-9(10(14)7-8)11-3-4-15-12-16-5-6-17(11)12/h1-2,5-7,11H,3-4H2,(H,15,16). The number of nitrogens with zero attached hydrogens (tertiary/aromatic N) is 2. The Morgan fingerprint density at radius 1 is 1.35 bits per heavy atom. The van der Waals surface area contributed by atoms with Crippen molar-refractivity contribution in [1.29, 1.82) is 0 Å². The minimum absolute atomic E-state index is 0.116. The normalized spacial score (nSPS) is 18.6. The number of halogens is 2. The fourth-order valence-corrected chi connectivity index (χ4v) is 2.24. The number of hydrogen-bond acceptors (Lipinski definition) is 2. The van der Waals surface area contributed by atoms with Gasteiger partial charge in [-0.1, -0.05) is 6.07 Å². The van der Waals surface area contributed by atoms with Crippen LogP contribution in [0.4, 0.5) is 14.7 Å². The lowest BCUT2D eigenvalue weighted by Crippen LogP contribution is -2.24. The SMILES string of the molecule is Fc1ccc(C2CCNc3nccn32)c(F)c1. The number of hydrogen-bond donors (Lipinski definition) is 1. The van der Waals surface area contributed by atoms with E-state index in [9.17, 15) is 8.78 Å². The van der Waals surface area contributed by atoms with E-state index < -0.39 is 11.6 Å². The van der Waals surface area contributed by atoms with Gasteiger partial charge in [0, 0.05) is 30.6 Å². The highest BCUT2D eigenvalue weighted by Gasteiger charge is 2.23. The highest BCUT2D eigenvalue weighted by molar-refractivity contribution is 5.34. The van der Waals surface area contributed by atoms with Crippen molar-refractivity contribution in [2.45, 2.75) is 12.5 Å². The zero-order valence-electron chi connectivity index (χ0n) is 9.03. The van der Waals surface area contributed by atoms with E-state index >= 15 is 0 Å². The Bertz CT molecular complexity index is 550. The van der Waals surface area contributed by atoms with Crippen molar-refractivity contribution in [2.75, 3.05) is 11.9 Å². The molecule has 1 aliphatic rings. The molecule has 1 N–H and O–H groups in total. The van der Waals surface area contributed by atoms with Gasteiger partial charge in [0.15, 0.2) is 0 Å². The Morgan fingerprint density at radius 3 is 3.06 bits per heavy atom. The molecule has 3 nitrogen and oxygen atoms in total. The lowest BCUT2D eigenvalue weighted by Gasteiger charge is -2.26. The summed E-state index contributed by atoms with van der Waals surface area (Å²) in [5.74, 6) is -0.326. The topological polar surface area (TPSA) is 29.9 Å². The smallest absolute Gasteiger partial charge is 0.203 e. The van der Waals surface area contributed by atoms with Gasteiger partial charge in [0.2, 0.25) is 5.95 Å². The van der Waals surface area contributed by atoms with Crippen LogP contribution in [0.2, 0.25) is 0 Å². The van der Waals surface area contributed by atoms with Gasteiger partial charge >= 0.3 is 0 Å². The molecule has 2 aromatic rings. The summed E-state index contributed by atoms with van der Waals surface area (Å²) in [6.07, 6.45) is 4.23. The molecular formula is C12H11F2N3. The van der Waals surface area contributed by atoms with Crippen molar-refractivity contribution in [2.24, 2.45) is 0 Å². The number of imidazole rings is 1. The van der Waals surface area contributed by atoms with Gasteiger partial charge in [-0.2, -0.15) is 0 Å². The van der Waals surface area contributed by atoms with Gasteiger partial charge in [-0.15, -0.1) is 0 Å². The van der Waals surface area contributed by atoms with E-state index in [4.69, 9.17) is 0 Å². The average molecular weight is 235 g/mol. The highest BCUT2D eigenvalue weighted by Crippen LogP contribution is 2.30. The molecule has 1 aliphatic heterocycles. The highest BCUT2D eigenvalue weighted by atomic mass is 19.1. The van der Waals surface area contributed by atoms with Crippen LogP contribution in [-0.4, -0.2) is 16.1 Å². The zero-order valence-corrected chi connectivity index (χ0v) is 9.03. The molecule has 1 unspecified atom stereocenters. The molecule has 0 saturated heterocycles. The minimum atomic E-state index is -0.550. The molecule has 0 spiro atoms. The van der Waals surface area contributed by atoms with Crippen molar-refractivity contribution in [3.63, 3.8) is 0 Å². The molecule has 2 heterocycles. The van der Waals surface area contributed by atoms with Crippen molar-refractivity contribution in [1.82, 2.24) is 9.55 Å². The van der Waals surface area contributed by atoms with E-state index in [1.165, 1.54) is 12.1 Å². The van der Waals surface area contributed by atoms with Gasteiger partial charge in [0.05, 0.1) is 6.04 Å². The predicted octanol–water partition coefficient (Wildman–Crippen LogP) is 2.57. The van der Waals surface area contributed by atoms with Crippen LogP contribution in [0.1, 0.15) is 18.0 Å². The van der Waals surface area contributed by atoms with E-state index in [0.29, 0.717) is 5.56 Å². The third kappa shape index (κ3) is 1.67. The van der Waals surface area contributed by atoms with E-state index in [0.717, 1.165) is 25.0 Å². The van der Waals surface area contributed by atoms with Gasteiger partial charge < -0.3 is 9.88 Å². The fourth-order valence-electron chi connectivity index (χ4n) is 2.24. The van der Waals surface area contributed by atoms with Crippen molar-refractivity contribution in [3.8, 4) is 0 Å². The number of rotatable bonds is 1. The number of anilines is 1. The van der Waals surface area contributed by atoms with Gasteiger partial charge in [0.1, 0.15) is 11.6 Å². The van der Waals surface area contributed by atoms with Crippen LogP contribution in [0, 0.1) is 11.6 Å². The Labute approximate surface area is 97.1 Å². The van der Waals surface area contributed by atoms with Crippen LogP contribution in [0.3, 0.4) is 0 Å². The maximum absolute atomic E-state index is 13.7. The Kier molecular flexibility index (Phi) is 2.31. The first-order chi connectivity index (χ1) is 8.25. The first-order valence-electron chi connectivity index (χ1n) is 5.47. The molecule has 1 aromatic carbocycles. The molecular weight excluding hydrogens is 224 g/mol. The number of benzene rings is 1. The molecule has 0 aliphatic carbocycles. The summed E-state index contributed by atoms with van der Waals surface area (Å²) in [4.78, 5) is 4.14. The second kappa shape index (κ2) is 3.84. The van der Waals surface area contributed by atoms with Crippen molar-refractivity contribution >= 4 is 5.95 Å². The van der Waals surface area contributed by atoms with Gasteiger partial charge in [-0.05, 0) is 12.5 Å². The molecule has 5 heteroatoms. The summed E-state index contributed by atoms with van der Waals surface area (Å²) in [6.45, 7) is 0.735.